The van der Waals surface area contributed by atoms with Gasteiger partial charge >= 0.3 is 0 Å². The van der Waals surface area contributed by atoms with Crippen molar-refractivity contribution in [3.05, 3.63) is 0 Å². The van der Waals surface area contributed by atoms with E-state index < -0.39 is 0 Å². The first-order chi connectivity index (χ1) is 5.14. The highest BCUT2D eigenvalue weighted by molar-refractivity contribution is 4.76. The standard InChI is InChI=1S/C9H19NO/c1-9(2,7-10)6-8-4-3-5-11-8/h8H,3-7,10H2,1-2H3. The van der Waals surface area contributed by atoms with Gasteiger partial charge in [-0.15, -0.1) is 0 Å². The van der Waals surface area contributed by atoms with Crippen LogP contribution >= 0.6 is 0 Å². The van der Waals surface area contributed by atoms with Gasteiger partial charge < -0.3 is 10.5 Å². The molecular formula is C9H19NO. The lowest BCUT2D eigenvalue weighted by Crippen LogP contribution is -2.28. The minimum absolute atomic E-state index is 0.259. The second kappa shape index (κ2) is 3.55. The highest BCUT2D eigenvalue weighted by Crippen LogP contribution is 2.27. The van der Waals surface area contributed by atoms with E-state index in [-0.39, 0.29) is 5.41 Å². The zero-order valence-corrected chi connectivity index (χ0v) is 7.60. The molecule has 0 aliphatic carbocycles. The Balaban J connectivity index is 2.28. The highest BCUT2D eigenvalue weighted by Gasteiger charge is 2.24. The molecule has 1 unspecified atom stereocenters. The molecule has 2 nitrogen and oxygen atoms in total. The normalized spacial score (nSPS) is 25.9. The maximum Gasteiger partial charge on any atom is 0.0581 e. The van der Waals surface area contributed by atoms with Crippen LogP contribution in [-0.4, -0.2) is 19.3 Å². The molecule has 2 heteroatoms. The third-order valence-corrected chi connectivity index (χ3v) is 2.36. The maximum absolute atomic E-state index is 5.63. The van der Waals surface area contributed by atoms with Gasteiger partial charge in [-0.05, 0) is 31.2 Å². The van der Waals surface area contributed by atoms with Crippen LogP contribution in [0.25, 0.3) is 0 Å². The van der Waals surface area contributed by atoms with Gasteiger partial charge in [0.2, 0.25) is 0 Å². The number of hydrogen-bond donors (Lipinski definition) is 1. The molecule has 0 aromatic carbocycles. The summed E-state index contributed by atoms with van der Waals surface area (Å²) in [4.78, 5) is 0. The molecule has 1 aliphatic heterocycles. The lowest BCUT2D eigenvalue weighted by Gasteiger charge is -2.25. The number of nitrogens with two attached hydrogens (primary N) is 1. The average Bonchev–Trinajstić information content (AvgIpc) is 2.39. The van der Waals surface area contributed by atoms with Crippen LogP contribution in [0.4, 0.5) is 0 Å². The molecule has 11 heavy (non-hydrogen) atoms. The Hall–Kier alpha value is -0.0800. The molecule has 66 valence electrons. The van der Waals surface area contributed by atoms with Gasteiger partial charge in [-0.3, -0.25) is 0 Å². The first-order valence-corrected chi connectivity index (χ1v) is 4.46. The molecule has 0 radical (unpaired) electrons. The van der Waals surface area contributed by atoms with Crippen LogP contribution in [0.3, 0.4) is 0 Å². The number of hydrogen-bond acceptors (Lipinski definition) is 2. The van der Waals surface area contributed by atoms with Gasteiger partial charge in [0, 0.05) is 6.61 Å². The molecular weight excluding hydrogens is 138 g/mol. The van der Waals surface area contributed by atoms with Crippen molar-refractivity contribution < 1.29 is 4.74 Å². The van der Waals surface area contributed by atoms with Crippen molar-refractivity contribution in [2.24, 2.45) is 11.1 Å². The summed E-state index contributed by atoms with van der Waals surface area (Å²) in [5, 5.41) is 0. The van der Waals surface area contributed by atoms with Crippen molar-refractivity contribution in [1.29, 1.82) is 0 Å². The van der Waals surface area contributed by atoms with Crippen molar-refractivity contribution >= 4 is 0 Å². The zero-order chi connectivity index (χ0) is 8.32. The molecule has 0 spiro atoms. The molecule has 1 atom stereocenters. The van der Waals surface area contributed by atoms with Crippen LogP contribution in [0, 0.1) is 5.41 Å². The number of ether oxygens (including phenoxy) is 1. The van der Waals surface area contributed by atoms with E-state index in [2.05, 4.69) is 13.8 Å². The molecule has 1 aliphatic rings. The summed E-state index contributed by atoms with van der Waals surface area (Å²) in [7, 11) is 0. The van der Waals surface area contributed by atoms with Crippen LogP contribution in [0.1, 0.15) is 33.1 Å². The second-order valence-electron chi connectivity index (χ2n) is 4.21. The van der Waals surface area contributed by atoms with E-state index in [1.807, 2.05) is 0 Å². The van der Waals surface area contributed by atoms with Crippen molar-refractivity contribution in [2.45, 2.75) is 39.2 Å². The van der Waals surface area contributed by atoms with Crippen molar-refractivity contribution in [2.75, 3.05) is 13.2 Å². The topological polar surface area (TPSA) is 35.2 Å². The van der Waals surface area contributed by atoms with Gasteiger partial charge in [0.05, 0.1) is 6.10 Å². The minimum Gasteiger partial charge on any atom is -0.378 e. The Kier molecular flexibility index (Phi) is 2.90. The van der Waals surface area contributed by atoms with E-state index in [1.165, 1.54) is 12.8 Å². The first-order valence-electron chi connectivity index (χ1n) is 4.46. The summed E-state index contributed by atoms with van der Waals surface area (Å²) in [5.41, 5.74) is 5.89. The van der Waals surface area contributed by atoms with E-state index >= 15 is 0 Å². The van der Waals surface area contributed by atoms with Gasteiger partial charge in [-0.25, -0.2) is 0 Å². The zero-order valence-electron chi connectivity index (χ0n) is 7.60. The van der Waals surface area contributed by atoms with Crippen LogP contribution in [0.15, 0.2) is 0 Å². The molecule has 1 saturated heterocycles. The summed E-state index contributed by atoms with van der Waals surface area (Å²) < 4.78 is 5.54. The molecule has 1 heterocycles. The van der Waals surface area contributed by atoms with E-state index in [4.69, 9.17) is 10.5 Å². The summed E-state index contributed by atoms with van der Waals surface area (Å²) in [5.74, 6) is 0. The summed E-state index contributed by atoms with van der Waals surface area (Å²) in [6, 6.07) is 0. The first kappa shape index (κ1) is 9.01. The fourth-order valence-electron chi connectivity index (χ4n) is 1.50. The van der Waals surface area contributed by atoms with Gasteiger partial charge in [-0.2, -0.15) is 0 Å². The average molecular weight is 157 g/mol. The Morgan fingerprint density at radius 3 is 2.73 bits per heavy atom. The maximum atomic E-state index is 5.63. The Morgan fingerprint density at radius 2 is 2.27 bits per heavy atom. The predicted molar refractivity (Wildman–Crippen MR) is 46.4 cm³/mol. The Bertz CT molecular complexity index is 117. The van der Waals surface area contributed by atoms with Crippen molar-refractivity contribution in [3.8, 4) is 0 Å². The highest BCUT2D eigenvalue weighted by atomic mass is 16.5. The quantitative estimate of drug-likeness (QED) is 0.674. The fraction of sp³-hybridized carbons (Fsp3) is 1.00. The Morgan fingerprint density at radius 1 is 1.55 bits per heavy atom. The van der Waals surface area contributed by atoms with Crippen LogP contribution in [0.2, 0.25) is 0 Å². The van der Waals surface area contributed by atoms with Gasteiger partial charge in [0.25, 0.3) is 0 Å². The lowest BCUT2D eigenvalue weighted by molar-refractivity contribution is 0.0737. The van der Waals surface area contributed by atoms with Gasteiger partial charge in [0.15, 0.2) is 0 Å². The Labute approximate surface area is 69.1 Å². The molecule has 1 rings (SSSR count). The molecule has 0 amide bonds. The number of rotatable bonds is 3. The monoisotopic (exact) mass is 157 g/mol. The second-order valence-corrected chi connectivity index (χ2v) is 4.21. The van der Waals surface area contributed by atoms with E-state index in [0.717, 1.165) is 19.6 Å². The summed E-state index contributed by atoms with van der Waals surface area (Å²) in [6.45, 7) is 6.11. The minimum atomic E-state index is 0.259. The van der Waals surface area contributed by atoms with Crippen molar-refractivity contribution in [3.63, 3.8) is 0 Å². The molecule has 2 N–H and O–H groups in total. The lowest BCUT2D eigenvalue weighted by atomic mass is 9.86. The molecule has 0 aromatic rings. The smallest absolute Gasteiger partial charge is 0.0581 e. The van der Waals surface area contributed by atoms with Crippen LogP contribution < -0.4 is 5.73 Å². The largest absolute Gasteiger partial charge is 0.378 e. The van der Waals surface area contributed by atoms with Crippen LogP contribution in [-0.2, 0) is 4.74 Å². The molecule has 1 fully saturated rings. The molecule has 0 saturated carbocycles. The molecule has 0 aromatic heterocycles. The van der Waals surface area contributed by atoms with E-state index in [1.54, 1.807) is 0 Å². The SMILES string of the molecule is CC(C)(CN)CC1CCCO1. The fourth-order valence-corrected chi connectivity index (χ4v) is 1.50. The third kappa shape index (κ3) is 2.80. The summed E-state index contributed by atoms with van der Waals surface area (Å²) >= 11 is 0. The van der Waals surface area contributed by atoms with Crippen LogP contribution in [0.5, 0.6) is 0 Å². The van der Waals surface area contributed by atoms with E-state index in [9.17, 15) is 0 Å². The van der Waals surface area contributed by atoms with Gasteiger partial charge in [0.1, 0.15) is 0 Å². The van der Waals surface area contributed by atoms with Gasteiger partial charge in [-0.1, -0.05) is 13.8 Å². The van der Waals surface area contributed by atoms with E-state index in [0.29, 0.717) is 6.10 Å². The molecule has 0 bridgehead atoms. The summed E-state index contributed by atoms with van der Waals surface area (Å²) in [6.07, 6.45) is 4.05. The van der Waals surface area contributed by atoms with Crippen molar-refractivity contribution in [1.82, 2.24) is 0 Å². The third-order valence-electron chi connectivity index (χ3n) is 2.36. The predicted octanol–water partition coefficient (Wildman–Crippen LogP) is 1.54.